The largest absolute Gasteiger partial charge is 0.466 e. The fourth-order valence-electron chi connectivity index (χ4n) is 2.96. The highest BCUT2D eigenvalue weighted by Crippen LogP contribution is 2.19. The molecule has 0 N–H and O–H groups in total. The van der Waals surface area contributed by atoms with E-state index in [1.54, 1.807) is 40.9 Å². The lowest BCUT2D eigenvalue weighted by atomic mass is 9.98. The van der Waals surface area contributed by atoms with Crippen molar-refractivity contribution < 1.29 is 14.3 Å². The highest BCUT2D eigenvalue weighted by molar-refractivity contribution is 5.92. The number of rotatable bonds is 4. The number of nitrogens with zero attached hydrogens (tertiary/aromatic N) is 5. The first-order valence-electron chi connectivity index (χ1n) is 8.40. The highest BCUT2D eigenvalue weighted by atomic mass is 16.5. The average molecular weight is 343 g/mol. The molecule has 3 heterocycles. The fourth-order valence-corrected chi connectivity index (χ4v) is 2.96. The smallest absolute Gasteiger partial charge is 0.310 e. The summed E-state index contributed by atoms with van der Waals surface area (Å²) < 4.78 is 6.86. The summed E-state index contributed by atoms with van der Waals surface area (Å²) in [6, 6.07) is 3.39. The monoisotopic (exact) mass is 343 g/mol. The molecule has 1 unspecified atom stereocenters. The second kappa shape index (κ2) is 7.42. The van der Waals surface area contributed by atoms with Gasteiger partial charge in [0.25, 0.3) is 5.91 Å². The molecule has 1 aliphatic rings. The zero-order valence-corrected chi connectivity index (χ0v) is 14.4. The summed E-state index contributed by atoms with van der Waals surface area (Å²) in [5, 5.41) is 8.17. The van der Waals surface area contributed by atoms with E-state index in [1.807, 2.05) is 6.92 Å². The molecular weight excluding hydrogens is 322 g/mol. The van der Waals surface area contributed by atoms with Crippen molar-refractivity contribution in [3.05, 3.63) is 36.0 Å². The fraction of sp³-hybridized carbons (Fsp3) is 0.471. The van der Waals surface area contributed by atoms with Crippen molar-refractivity contribution in [2.75, 3.05) is 19.7 Å². The van der Waals surface area contributed by atoms with Crippen LogP contribution in [0.1, 0.15) is 36.1 Å². The number of aryl methyl sites for hydroxylation is 1. The molecule has 1 fully saturated rings. The Labute approximate surface area is 145 Å². The van der Waals surface area contributed by atoms with Crippen LogP contribution in [-0.2, 0) is 9.53 Å². The van der Waals surface area contributed by atoms with Gasteiger partial charge in [0.05, 0.1) is 12.5 Å². The van der Waals surface area contributed by atoms with Crippen molar-refractivity contribution in [2.45, 2.75) is 26.7 Å². The van der Waals surface area contributed by atoms with Gasteiger partial charge in [0.1, 0.15) is 5.82 Å². The van der Waals surface area contributed by atoms with Crippen molar-refractivity contribution in [2.24, 2.45) is 5.92 Å². The van der Waals surface area contributed by atoms with E-state index in [2.05, 4.69) is 15.2 Å². The predicted octanol–water partition coefficient (Wildman–Crippen LogP) is 1.39. The maximum atomic E-state index is 12.6. The molecule has 0 saturated carbocycles. The van der Waals surface area contributed by atoms with Crippen LogP contribution in [0.25, 0.3) is 5.82 Å². The lowest BCUT2D eigenvalue weighted by molar-refractivity contribution is -0.149. The van der Waals surface area contributed by atoms with E-state index in [0.29, 0.717) is 25.5 Å². The summed E-state index contributed by atoms with van der Waals surface area (Å²) in [6.07, 6.45) is 4.98. The van der Waals surface area contributed by atoms with E-state index < -0.39 is 0 Å². The molecule has 0 radical (unpaired) electrons. The van der Waals surface area contributed by atoms with Crippen LogP contribution < -0.4 is 0 Å². The molecule has 1 saturated heterocycles. The Kier molecular flexibility index (Phi) is 5.06. The Morgan fingerprint density at radius 3 is 2.80 bits per heavy atom. The minimum atomic E-state index is -0.265. The van der Waals surface area contributed by atoms with Crippen LogP contribution in [0.4, 0.5) is 0 Å². The minimum absolute atomic E-state index is 0.213. The van der Waals surface area contributed by atoms with Gasteiger partial charge in [-0.25, -0.2) is 4.98 Å². The number of imidazole rings is 1. The van der Waals surface area contributed by atoms with Gasteiger partial charge >= 0.3 is 5.97 Å². The van der Waals surface area contributed by atoms with Crippen molar-refractivity contribution >= 4 is 11.9 Å². The Morgan fingerprint density at radius 2 is 2.16 bits per heavy atom. The molecule has 0 aliphatic carbocycles. The number of piperidine rings is 1. The van der Waals surface area contributed by atoms with Crippen LogP contribution in [0.3, 0.4) is 0 Å². The molecule has 3 rings (SSSR count). The second-order valence-corrected chi connectivity index (χ2v) is 5.96. The van der Waals surface area contributed by atoms with Crippen molar-refractivity contribution in [1.82, 2.24) is 24.6 Å². The van der Waals surface area contributed by atoms with Gasteiger partial charge in [0.15, 0.2) is 11.5 Å². The average Bonchev–Trinajstić information content (AvgIpc) is 3.07. The van der Waals surface area contributed by atoms with Crippen LogP contribution in [-0.4, -0.2) is 56.2 Å². The second-order valence-electron chi connectivity index (χ2n) is 5.96. The van der Waals surface area contributed by atoms with Gasteiger partial charge in [-0.2, -0.15) is 0 Å². The van der Waals surface area contributed by atoms with E-state index in [-0.39, 0.29) is 23.5 Å². The minimum Gasteiger partial charge on any atom is -0.466 e. The number of hydrogen-bond acceptors (Lipinski definition) is 6. The van der Waals surface area contributed by atoms with Crippen LogP contribution >= 0.6 is 0 Å². The Morgan fingerprint density at radius 1 is 1.32 bits per heavy atom. The molecule has 2 aromatic rings. The topological polar surface area (TPSA) is 90.2 Å². The maximum absolute atomic E-state index is 12.6. The third-order valence-corrected chi connectivity index (χ3v) is 4.27. The molecule has 8 nitrogen and oxygen atoms in total. The third-order valence-electron chi connectivity index (χ3n) is 4.27. The van der Waals surface area contributed by atoms with Gasteiger partial charge in [-0.3, -0.25) is 14.2 Å². The van der Waals surface area contributed by atoms with Crippen molar-refractivity contribution in [1.29, 1.82) is 0 Å². The Hall–Kier alpha value is -2.77. The van der Waals surface area contributed by atoms with Gasteiger partial charge in [0.2, 0.25) is 0 Å². The van der Waals surface area contributed by atoms with E-state index in [4.69, 9.17) is 4.74 Å². The summed E-state index contributed by atoms with van der Waals surface area (Å²) in [6.45, 7) is 4.97. The van der Waals surface area contributed by atoms with Crippen LogP contribution in [0.2, 0.25) is 0 Å². The first-order chi connectivity index (χ1) is 12.1. The van der Waals surface area contributed by atoms with Crippen LogP contribution in [0.5, 0.6) is 0 Å². The number of carbonyl (C=O) groups excluding carboxylic acids is 2. The van der Waals surface area contributed by atoms with Gasteiger partial charge in [-0.05, 0) is 38.8 Å². The number of carbonyl (C=O) groups is 2. The molecule has 1 atom stereocenters. The molecule has 25 heavy (non-hydrogen) atoms. The maximum Gasteiger partial charge on any atom is 0.310 e. The number of amides is 1. The van der Waals surface area contributed by atoms with Gasteiger partial charge in [-0.15, -0.1) is 10.2 Å². The zero-order valence-electron chi connectivity index (χ0n) is 14.4. The Bertz CT molecular complexity index is 756. The van der Waals surface area contributed by atoms with E-state index in [0.717, 1.165) is 18.7 Å². The standard InChI is InChI=1S/C17H21N5O3/c1-3-25-17(24)13-5-4-9-21(11-13)16(23)14-6-7-15(20-19-14)22-10-8-18-12(22)2/h6-8,10,13H,3-5,9,11H2,1-2H3. The summed E-state index contributed by atoms with van der Waals surface area (Å²) in [5.41, 5.74) is 0.269. The summed E-state index contributed by atoms with van der Waals surface area (Å²) in [5.74, 6) is 0.683. The van der Waals surface area contributed by atoms with E-state index in [1.165, 1.54) is 0 Å². The quantitative estimate of drug-likeness (QED) is 0.779. The van der Waals surface area contributed by atoms with Crippen molar-refractivity contribution in [3.63, 3.8) is 0 Å². The van der Waals surface area contributed by atoms with Crippen LogP contribution in [0, 0.1) is 12.8 Å². The molecule has 8 heteroatoms. The van der Waals surface area contributed by atoms with E-state index in [9.17, 15) is 9.59 Å². The molecule has 0 bridgehead atoms. The summed E-state index contributed by atoms with van der Waals surface area (Å²) >= 11 is 0. The van der Waals surface area contributed by atoms with Gasteiger partial charge in [0, 0.05) is 25.5 Å². The zero-order chi connectivity index (χ0) is 17.8. The lowest BCUT2D eigenvalue weighted by Gasteiger charge is -2.31. The van der Waals surface area contributed by atoms with Crippen LogP contribution in [0.15, 0.2) is 24.5 Å². The highest BCUT2D eigenvalue weighted by Gasteiger charge is 2.30. The predicted molar refractivity (Wildman–Crippen MR) is 89.2 cm³/mol. The lowest BCUT2D eigenvalue weighted by Crippen LogP contribution is -2.43. The number of esters is 1. The van der Waals surface area contributed by atoms with Gasteiger partial charge in [-0.1, -0.05) is 0 Å². The third kappa shape index (κ3) is 3.67. The summed E-state index contributed by atoms with van der Waals surface area (Å²) in [4.78, 5) is 30.3. The molecule has 2 aromatic heterocycles. The molecule has 0 spiro atoms. The Balaban J connectivity index is 1.70. The van der Waals surface area contributed by atoms with Gasteiger partial charge < -0.3 is 9.64 Å². The first-order valence-corrected chi connectivity index (χ1v) is 8.40. The van der Waals surface area contributed by atoms with Crippen molar-refractivity contribution in [3.8, 4) is 5.82 Å². The summed E-state index contributed by atoms with van der Waals surface area (Å²) in [7, 11) is 0. The first kappa shape index (κ1) is 17.1. The molecule has 1 aliphatic heterocycles. The number of hydrogen-bond donors (Lipinski definition) is 0. The number of aromatic nitrogens is 4. The molecule has 0 aromatic carbocycles. The van der Waals surface area contributed by atoms with E-state index >= 15 is 0 Å². The molecule has 1 amide bonds. The normalized spacial score (nSPS) is 17.4. The molecule has 132 valence electrons. The SMILES string of the molecule is CCOC(=O)C1CCCN(C(=O)c2ccc(-n3ccnc3C)nn2)C1. The molecular formula is C17H21N5O3. The number of ether oxygens (including phenoxy) is 1. The number of likely N-dealkylation sites (tertiary alicyclic amines) is 1.